The molecule has 0 amide bonds. The Hall–Kier alpha value is -1.14. The van der Waals surface area contributed by atoms with Crippen LogP contribution in [0.1, 0.15) is 6.42 Å². The van der Waals surface area contributed by atoms with Crippen LogP contribution in [0.3, 0.4) is 0 Å². The van der Waals surface area contributed by atoms with E-state index in [-0.39, 0.29) is 0 Å². The molecule has 0 aliphatic carbocycles. The van der Waals surface area contributed by atoms with Gasteiger partial charge in [-0.15, -0.1) is 0 Å². The van der Waals surface area contributed by atoms with Crippen molar-refractivity contribution in [1.29, 1.82) is 0 Å². The van der Waals surface area contributed by atoms with Crippen molar-refractivity contribution in [3.05, 3.63) is 0 Å². The molecule has 10 N–H and O–H groups in total. The Morgan fingerprint density at radius 3 is 1.24 bits per heavy atom. The molecule has 29 heavy (non-hydrogen) atoms. The van der Waals surface area contributed by atoms with Crippen molar-refractivity contribution in [3.8, 4) is 0 Å². The van der Waals surface area contributed by atoms with E-state index in [9.17, 15) is 50.4 Å². The lowest BCUT2D eigenvalue weighted by molar-refractivity contribution is -0.335. The van der Waals surface area contributed by atoms with E-state index in [4.69, 9.17) is 19.7 Å². The summed E-state index contributed by atoms with van der Waals surface area (Å²) in [5, 5.41) is 97.4. The minimum atomic E-state index is -3.29. The van der Waals surface area contributed by atoms with Crippen LogP contribution < -0.4 is 0 Å². The summed E-state index contributed by atoms with van der Waals surface area (Å²) >= 11 is 0. The SMILES string of the molecule is O=C(CC(=O)C1(O)O[C@H](CO)[C@@H](O)[C@H](O)[C@H]1O)C1(O)O[C@H](CO)[C@@H](O)[C@H](O)[C@H]1O. The third kappa shape index (κ3) is 3.95. The first-order valence-electron chi connectivity index (χ1n) is 8.52. The summed E-state index contributed by atoms with van der Waals surface area (Å²) in [6.45, 7) is -1.97. The molecule has 10 atom stereocenters. The molecule has 168 valence electrons. The molecule has 0 bridgehead atoms. The fourth-order valence-corrected chi connectivity index (χ4v) is 3.17. The van der Waals surface area contributed by atoms with Gasteiger partial charge in [0.25, 0.3) is 11.6 Å². The zero-order valence-corrected chi connectivity index (χ0v) is 14.8. The molecule has 2 aliphatic rings. The number of aliphatic hydroxyl groups excluding tert-OH is 8. The first-order chi connectivity index (χ1) is 13.3. The van der Waals surface area contributed by atoms with Crippen molar-refractivity contribution in [1.82, 2.24) is 0 Å². The molecule has 0 saturated carbocycles. The molecule has 0 radical (unpaired) electrons. The highest BCUT2D eigenvalue weighted by Crippen LogP contribution is 2.33. The van der Waals surface area contributed by atoms with Crippen molar-refractivity contribution in [2.45, 2.75) is 66.8 Å². The number of hydrogen-bond acceptors (Lipinski definition) is 14. The average molecular weight is 428 g/mol. The van der Waals surface area contributed by atoms with Gasteiger partial charge in [0.1, 0.15) is 48.8 Å². The Bertz CT molecular complexity index is 572. The van der Waals surface area contributed by atoms with E-state index in [1.165, 1.54) is 0 Å². The number of aliphatic hydroxyl groups is 10. The molecule has 2 saturated heterocycles. The Kier molecular flexibility index (Phi) is 7.11. The minimum Gasteiger partial charge on any atom is -0.394 e. The van der Waals surface area contributed by atoms with Crippen molar-refractivity contribution in [3.63, 3.8) is 0 Å². The standard InChI is InChI=1S/C15H24O14/c16-2-4-8(20)10(22)12(24)14(26,28-4)6(18)1-7(19)15(27)13(25)11(23)9(21)5(3-17)29-15/h4-5,8-13,16-17,20-27H,1-3H2/t4-,5-,8-,9-,10+,11+,12-,13-,14?,15?/m1/s1. The number of carbonyl (C=O) groups excluding carboxylic acids is 2. The molecule has 14 heteroatoms. The zero-order valence-electron chi connectivity index (χ0n) is 14.8. The fraction of sp³-hybridized carbons (Fsp3) is 0.867. The number of ketones is 2. The van der Waals surface area contributed by atoms with Gasteiger partial charge >= 0.3 is 0 Å². The first kappa shape index (κ1) is 24.1. The van der Waals surface area contributed by atoms with E-state index in [0.29, 0.717) is 0 Å². The highest BCUT2D eigenvalue weighted by Gasteiger charge is 2.60. The summed E-state index contributed by atoms with van der Waals surface area (Å²) in [4.78, 5) is 24.8. The molecule has 2 rings (SSSR count). The van der Waals surface area contributed by atoms with Gasteiger partial charge < -0.3 is 60.5 Å². The summed E-state index contributed by atoms with van der Waals surface area (Å²) in [5.41, 5.74) is 0. The fourth-order valence-electron chi connectivity index (χ4n) is 3.17. The van der Waals surface area contributed by atoms with E-state index in [2.05, 4.69) is 0 Å². The molecule has 0 aromatic heterocycles. The maximum atomic E-state index is 12.4. The Labute approximate surface area is 162 Å². The summed E-state index contributed by atoms with van der Waals surface area (Å²) < 4.78 is 9.48. The Morgan fingerprint density at radius 2 is 0.966 bits per heavy atom. The van der Waals surface area contributed by atoms with Gasteiger partial charge in [-0.2, -0.15) is 0 Å². The molecule has 2 aliphatic heterocycles. The lowest BCUT2D eigenvalue weighted by atomic mass is 9.85. The highest BCUT2D eigenvalue weighted by molar-refractivity contribution is 6.05. The van der Waals surface area contributed by atoms with Gasteiger partial charge in [0.05, 0.1) is 19.6 Å². The van der Waals surface area contributed by atoms with E-state index >= 15 is 0 Å². The summed E-state index contributed by atoms with van der Waals surface area (Å²) in [6, 6.07) is 0. The molecule has 2 heterocycles. The number of Topliss-reactive ketones (excluding diaryl/α,β-unsaturated/α-hetero) is 2. The molecular weight excluding hydrogens is 404 g/mol. The summed E-state index contributed by atoms with van der Waals surface area (Å²) in [7, 11) is 0. The van der Waals surface area contributed by atoms with E-state index in [1.807, 2.05) is 0 Å². The summed E-state index contributed by atoms with van der Waals surface area (Å²) in [5.74, 6) is -9.87. The molecule has 14 nitrogen and oxygen atoms in total. The smallest absolute Gasteiger partial charge is 0.257 e. The van der Waals surface area contributed by atoms with Crippen molar-refractivity contribution >= 4 is 11.6 Å². The van der Waals surface area contributed by atoms with Crippen LogP contribution in [-0.2, 0) is 19.1 Å². The monoisotopic (exact) mass is 428 g/mol. The molecule has 0 aromatic carbocycles. The second-order valence-corrected chi connectivity index (χ2v) is 6.95. The third-order valence-corrected chi connectivity index (χ3v) is 5.05. The van der Waals surface area contributed by atoms with E-state index < -0.39 is 91.6 Å². The molecule has 2 unspecified atom stereocenters. The molecular formula is C15H24O14. The van der Waals surface area contributed by atoms with Crippen LogP contribution >= 0.6 is 0 Å². The first-order valence-corrected chi connectivity index (χ1v) is 8.52. The number of hydrogen-bond donors (Lipinski definition) is 10. The second kappa shape index (κ2) is 8.54. The van der Waals surface area contributed by atoms with Crippen LogP contribution in [0.5, 0.6) is 0 Å². The van der Waals surface area contributed by atoms with Crippen LogP contribution in [-0.4, -0.2) is 136 Å². The van der Waals surface area contributed by atoms with Gasteiger partial charge in [0, 0.05) is 0 Å². The van der Waals surface area contributed by atoms with Gasteiger partial charge in [-0.3, -0.25) is 9.59 Å². The van der Waals surface area contributed by atoms with Crippen LogP contribution in [0, 0.1) is 0 Å². The van der Waals surface area contributed by atoms with Crippen molar-refractivity contribution in [2.24, 2.45) is 0 Å². The van der Waals surface area contributed by atoms with E-state index in [0.717, 1.165) is 0 Å². The average Bonchev–Trinajstić information content (AvgIpc) is 2.70. The maximum Gasteiger partial charge on any atom is 0.257 e. The van der Waals surface area contributed by atoms with E-state index in [1.54, 1.807) is 0 Å². The largest absolute Gasteiger partial charge is 0.394 e. The van der Waals surface area contributed by atoms with Gasteiger partial charge in [0.2, 0.25) is 11.6 Å². The predicted octanol–water partition coefficient (Wildman–Crippen LogP) is -7.16. The van der Waals surface area contributed by atoms with Gasteiger partial charge in [-0.05, 0) is 0 Å². The third-order valence-electron chi connectivity index (χ3n) is 5.05. The normalized spacial score (nSPS) is 48.3. The number of ether oxygens (including phenoxy) is 2. The van der Waals surface area contributed by atoms with Crippen molar-refractivity contribution in [2.75, 3.05) is 13.2 Å². The molecule has 2 fully saturated rings. The molecule has 0 spiro atoms. The van der Waals surface area contributed by atoms with Gasteiger partial charge in [-0.25, -0.2) is 0 Å². The Morgan fingerprint density at radius 1 is 0.655 bits per heavy atom. The van der Waals surface area contributed by atoms with Crippen LogP contribution in [0.15, 0.2) is 0 Å². The number of rotatable bonds is 6. The maximum absolute atomic E-state index is 12.4. The lowest BCUT2D eigenvalue weighted by Gasteiger charge is -2.45. The lowest BCUT2D eigenvalue weighted by Crippen LogP contribution is -2.70. The van der Waals surface area contributed by atoms with Crippen molar-refractivity contribution < 1.29 is 70.1 Å². The highest BCUT2D eigenvalue weighted by atomic mass is 16.7. The molecule has 0 aromatic rings. The number of carbonyl (C=O) groups is 2. The summed E-state index contributed by atoms with van der Waals surface area (Å²) in [6.07, 6.45) is -17.9. The second-order valence-electron chi connectivity index (χ2n) is 6.95. The quantitative estimate of drug-likeness (QED) is 0.176. The topological polar surface area (TPSA) is 255 Å². The van der Waals surface area contributed by atoms with Crippen LogP contribution in [0.2, 0.25) is 0 Å². The minimum absolute atomic E-state index is 0.984. The van der Waals surface area contributed by atoms with Gasteiger partial charge in [-0.1, -0.05) is 0 Å². The Balaban J connectivity index is 2.23. The van der Waals surface area contributed by atoms with Gasteiger partial charge in [0.15, 0.2) is 0 Å². The predicted molar refractivity (Wildman–Crippen MR) is 84.5 cm³/mol. The van der Waals surface area contributed by atoms with Crippen LogP contribution in [0.25, 0.3) is 0 Å². The zero-order chi connectivity index (χ0) is 22.3. The van der Waals surface area contributed by atoms with Crippen LogP contribution in [0.4, 0.5) is 0 Å².